The Kier molecular flexibility index (Phi) is 3.97. The van der Waals surface area contributed by atoms with Crippen molar-refractivity contribution in [2.45, 2.75) is 38.7 Å². The highest BCUT2D eigenvalue weighted by Crippen LogP contribution is 2.27. The lowest BCUT2D eigenvalue weighted by Crippen LogP contribution is -2.44. The molecule has 0 unspecified atom stereocenters. The number of rotatable bonds is 4. The van der Waals surface area contributed by atoms with Crippen molar-refractivity contribution in [2.24, 2.45) is 0 Å². The molecule has 1 atom stereocenters. The van der Waals surface area contributed by atoms with Gasteiger partial charge in [0, 0.05) is 31.1 Å². The standard InChI is InChI=1S/C16H22N4O2/c1-11-5-4-7-20-14(11)18-19-15(20)16(2,3)9-12(21)13-10-17-6-8-22-13/h4-5,7,13,17H,6,8-10H2,1-3H3/t13-/m0/s1. The SMILES string of the molecule is Cc1cccn2c(C(C)(C)CC(=O)[C@@H]3CNCCO3)nnc12. The summed E-state index contributed by atoms with van der Waals surface area (Å²) in [4.78, 5) is 12.5. The Hall–Kier alpha value is -1.79. The molecule has 0 bridgehead atoms. The average molecular weight is 302 g/mol. The summed E-state index contributed by atoms with van der Waals surface area (Å²) in [5.41, 5.74) is 1.52. The fourth-order valence-electron chi connectivity index (χ4n) is 2.91. The first-order valence-electron chi connectivity index (χ1n) is 7.65. The molecular formula is C16H22N4O2. The second-order valence-electron chi connectivity index (χ2n) is 6.50. The highest BCUT2D eigenvalue weighted by Gasteiger charge is 2.33. The number of carbonyl (C=O) groups is 1. The summed E-state index contributed by atoms with van der Waals surface area (Å²) in [7, 11) is 0. The number of aryl methyl sites for hydroxylation is 1. The summed E-state index contributed by atoms with van der Waals surface area (Å²) in [6.45, 7) is 8.05. The molecule has 1 N–H and O–H groups in total. The van der Waals surface area contributed by atoms with E-state index < -0.39 is 5.41 Å². The number of ketones is 1. The lowest BCUT2D eigenvalue weighted by Gasteiger charge is -2.27. The van der Waals surface area contributed by atoms with Crippen LogP contribution in [0.25, 0.3) is 5.65 Å². The summed E-state index contributed by atoms with van der Waals surface area (Å²) in [5.74, 6) is 0.921. The first kappa shape index (κ1) is 15.1. The lowest BCUT2D eigenvalue weighted by molar-refractivity contribution is -0.133. The highest BCUT2D eigenvalue weighted by molar-refractivity contribution is 5.84. The summed E-state index contributed by atoms with van der Waals surface area (Å²) < 4.78 is 7.53. The summed E-state index contributed by atoms with van der Waals surface area (Å²) in [6, 6.07) is 3.98. The van der Waals surface area contributed by atoms with Crippen LogP contribution in [0.1, 0.15) is 31.7 Å². The van der Waals surface area contributed by atoms with Crippen LogP contribution in [-0.4, -0.2) is 46.2 Å². The Balaban J connectivity index is 1.84. The van der Waals surface area contributed by atoms with E-state index in [0.29, 0.717) is 19.6 Å². The second kappa shape index (κ2) is 5.78. The predicted octanol–water partition coefficient (Wildman–Crippen LogP) is 1.26. The topological polar surface area (TPSA) is 68.5 Å². The number of fused-ring (bicyclic) bond motifs is 1. The molecule has 1 saturated heterocycles. The fourth-order valence-corrected chi connectivity index (χ4v) is 2.91. The van der Waals surface area contributed by atoms with Gasteiger partial charge in [0.2, 0.25) is 0 Å². The maximum Gasteiger partial charge on any atom is 0.163 e. The van der Waals surface area contributed by atoms with E-state index in [1.807, 2.05) is 43.5 Å². The Bertz CT molecular complexity index is 687. The molecule has 118 valence electrons. The van der Waals surface area contributed by atoms with Gasteiger partial charge < -0.3 is 10.1 Å². The lowest BCUT2D eigenvalue weighted by atomic mass is 9.85. The third-order valence-electron chi connectivity index (χ3n) is 4.14. The normalized spacial score (nSPS) is 19.5. The van der Waals surface area contributed by atoms with Crippen molar-refractivity contribution in [3.63, 3.8) is 0 Å². The number of Topliss-reactive ketones (excluding diaryl/α,β-unsaturated/α-hetero) is 1. The molecule has 6 nitrogen and oxygen atoms in total. The van der Waals surface area contributed by atoms with Crippen LogP contribution in [0.4, 0.5) is 0 Å². The zero-order valence-electron chi connectivity index (χ0n) is 13.3. The monoisotopic (exact) mass is 302 g/mol. The van der Waals surface area contributed by atoms with Gasteiger partial charge in [0.1, 0.15) is 11.9 Å². The third-order valence-corrected chi connectivity index (χ3v) is 4.14. The first-order chi connectivity index (χ1) is 10.5. The maximum atomic E-state index is 12.5. The van der Waals surface area contributed by atoms with Gasteiger partial charge in [-0.3, -0.25) is 9.20 Å². The highest BCUT2D eigenvalue weighted by atomic mass is 16.5. The van der Waals surface area contributed by atoms with Gasteiger partial charge in [-0.05, 0) is 18.6 Å². The van der Waals surface area contributed by atoms with E-state index in [2.05, 4.69) is 15.5 Å². The van der Waals surface area contributed by atoms with Crippen LogP contribution in [0, 0.1) is 6.92 Å². The largest absolute Gasteiger partial charge is 0.368 e. The van der Waals surface area contributed by atoms with E-state index in [9.17, 15) is 4.79 Å². The molecule has 3 heterocycles. The van der Waals surface area contributed by atoms with Crippen LogP contribution in [0.2, 0.25) is 0 Å². The minimum Gasteiger partial charge on any atom is -0.368 e. The Morgan fingerprint density at radius 1 is 1.50 bits per heavy atom. The minimum atomic E-state index is -0.398. The Labute approximate surface area is 129 Å². The third kappa shape index (κ3) is 2.76. The van der Waals surface area contributed by atoms with E-state index in [1.165, 1.54) is 0 Å². The van der Waals surface area contributed by atoms with Crippen molar-refractivity contribution < 1.29 is 9.53 Å². The Morgan fingerprint density at radius 3 is 3.05 bits per heavy atom. The van der Waals surface area contributed by atoms with E-state index in [0.717, 1.165) is 23.6 Å². The quantitative estimate of drug-likeness (QED) is 0.921. The van der Waals surface area contributed by atoms with Crippen molar-refractivity contribution >= 4 is 11.4 Å². The van der Waals surface area contributed by atoms with E-state index >= 15 is 0 Å². The van der Waals surface area contributed by atoms with E-state index in [1.54, 1.807) is 0 Å². The molecule has 6 heteroatoms. The summed E-state index contributed by atoms with van der Waals surface area (Å²) >= 11 is 0. The van der Waals surface area contributed by atoms with Crippen LogP contribution >= 0.6 is 0 Å². The number of morpholine rings is 1. The van der Waals surface area contributed by atoms with Gasteiger partial charge in [-0.2, -0.15) is 0 Å². The van der Waals surface area contributed by atoms with Gasteiger partial charge in [-0.25, -0.2) is 0 Å². The molecule has 1 aliphatic rings. The fraction of sp³-hybridized carbons (Fsp3) is 0.562. The van der Waals surface area contributed by atoms with Crippen molar-refractivity contribution in [1.82, 2.24) is 19.9 Å². The number of pyridine rings is 1. The van der Waals surface area contributed by atoms with Gasteiger partial charge in [0.05, 0.1) is 6.61 Å². The van der Waals surface area contributed by atoms with E-state index in [-0.39, 0.29) is 11.9 Å². The molecular weight excluding hydrogens is 280 g/mol. The number of ether oxygens (including phenoxy) is 1. The van der Waals surface area contributed by atoms with Gasteiger partial charge in [0.25, 0.3) is 0 Å². The van der Waals surface area contributed by atoms with Crippen LogP contribution < -0.4 is 5.32 Å². The van der Waals surface area contributed by atoms with Crippen LogP contribution in [-0.2, 0) is 14.9 Å². The summed E-state index contributed by atoms with van der Waals surface area (Å²) in [5, 5.41) is 11.8. The molecule has 2 aromatic rings. The number of hydrogen-bond acceptors (Lipinski definition) is 5. The number of nitrogens with one attached hydrogen (secondary N) is 1. The molecule has 1 aliphatic heterocycles. The van der Waals surface area contributed by atoms with Crippen molar-refractivity contribution in [1.29, 1.82) is 0 Å². The van der Waals surface area contributed by atoms with Crippen LogP contribution in [0.3, 0.4) is 0 Å². The second-order valence-corrected chi connectivity index (χ2v) is 6.50. The maximum absolute atomic E-state index is 12.5. The minimum absolute atomic E-state index is 0.113. The van der Waals surface area contributed by atoms with Gasteiger partial charge in [-0.1, -0.05) is 19.9 Å². The molecule has 0 saturated carbocycles. The molecule has 0 aliphatic carbocycles. The van der Waals surface area contributed by atoms with Crippen molar-refractivity contribution in [2.75, 3.05) is 19.7 Å². The molecule has 22 heavy (non-hydrogen) atoms. The molecule has 3 rings (SSSR count). The smallest absolute Gasteiger partial charge is 0.163 e. The van der Waals surface area contributed by atoms with Gasteiger partial charge in [-0.15, -0.1) is 10.2 Å². The number of hydrogen-bond donors (Lipinski definition) is 1. The van der Waals surface area contributed by atoms with Crippen molar-refractivity contribution in [3.05, 3.63) is 29.7 Å². The number of aromatic nitrogens is 3. The Morgan fingerprint density at radius 2 is 2.32 bits per heavy atom. The van der Waals surface area contributed by atoms with Gasteiger partial charge >= 0.3 is 0 Å². The summed E-state index contributed by atoms with van der Waals surface area (Å²) in [6.07, 6.45) is 1.98. The van der Waals surface area contributed by atoms with Crippen LogP contribution in [0.15, 0.2) is 18.3 Å². The average Bonchev–Trinajstić information content (AvgIpc) is 2.94. The van der Waals surface area contributed by atoms with Crippen molar-refractivity contribution in [3.8, 4) is 0 Å². The van der Waals surface area contributed by atoms with E-state index in [4.69, 9.17) is 4.74 Å². The predicted molar refractivity (Wildman–Crippen MR) is 83.0 cm³/mol. The zero-order valence-corrected chi connectivity index (χ0v) is 13.3. The number of nitrogens with zero attached hydrogens (tertiary/aromatic N) is 3. The van der Waals surface area contributed by atoms with Crippen LogP contribution in [0.5, 0.6) is 0 Å². The first-order valence-corrected chi connectivity index (χ1v) is 7.65. The zero-order chi connectivity index (χ0) is 15.7. The van der Waals surface area contributed by atoms with Gasteiger partial charge in [0.15, 0.2) is 11.4 Å². The molecule has 2 aromatic heterocycles. The molecule has 0 radical (unpaired) electrons. The molecule has 0 aromatic carbocycles. The molecule has 1 fully saturated rings. The number of carbonyl (C=O) groups excluding carboxylic acids is 1. The molecule has 0 spiro atoms. The molecule has 0 amide bonds.